The van der Waals surface area contributed by atoms with Crippen LogP contribution in [0.25, 0.3) is 0 Å². The Morgan fingerprint density at radius 1 is 1.47 bits per heavy atom. The van der Waals surface area contributed by atoms with Crippen LogP contribution in [0.15, 0.2) is 30.6 Å². The van der Waals surface area contributed by atoms with Crippen LogP contribution >= 0.6 is 0 Å². The summed E-state index contributed by atoms with van der Waals surface area (Å²) < 4.78 is 20.9. The molecule has 2 N–H and O–H groups in total. The van der Waals surface area contributed by atoms with Crippen molar-refractivity contribution in [1.82, 2.24) is 9.78 Å². The van der Waals surface area contributed by atoms with E-state index in [1.165, 1.54) is 6.07 Å². The van der Waals surface area contributed by atoms with Crippen LogP contribution in [0.1, 0.15) is 24.1 Å². The molecule has 19 heavy (non-hydrogen) atoms. The third-order valence-electron chi connectivity index (χ3n) is 2.89. The molecule has 102 valence electrons. The number of benzene rings is 1. The van der Waals surface area contributed by atoms with Gasteiger partial charge in [0.15, 0.2) is 11.6 Å². The topological polar surface area (TPSA) is 53.1 Å². The van der Waals surface area contributed by atoms with Gasteiger partial charge < -0.3 is 10.5 Å². The highest BCUT2D eigenvalue weighted by Crippen LogP contribution is 2.21. The van der Waals surface area contributed by atoms with Crippen LogP contribution in [0.2, 0.25) is 0 Å². The zero-order valence-electron chi connectivity index (χ0n) is 11.1. The van der Waals surface area contributed by atoms with Crippen molar-refractivity contribution >= 4 is 0 Å². The molecule has 0 saturated carbocycles. The van der Waals surface area contributed by atoms with Gasteiger partial charge in [-0.25, -0.2) is 4.39 Å². The molecular formula is C14H18FN3O. The number of ether oxygens (including phenoxy) is 1. The number of aryl methyl sites for hydroxylation is 1. The van der Waals surface area contributed by atoms with Gasteiger partial charge in [-0.2, -0.15) is 5.10 Å². The van der Waals surface area contributed by atoms with Gasteiger partial charge in [0.25, 0.3) is 0 Å². The zero-order valence-corrected chi connectivity index (χ0v) is 11.1. The Bertz CT molecular complexity index is 551. The molecule has 0 aliphatic carbocycles. The van der Waals surface area contributed by atoms with Crippen molar-refractivity contribution in [1.29, 1.82) is 0 Å². The second-order valence-electron chi connectivity index (χ2n) is 4.60. The van der Waals surface area contributed by atoms with Crippen LogP contribution < -0.4 is 10.5 Å². The van der Waals surface area contributed by atoms with Gasteiger partial charge in [-0.05, 0) is 30.2 Å². The average Bonchev–Trinajstić information content (AvgIpc) is 2.77. The molecule has 5 heteroatoms. The minimum atomic E-state index is -0.374. The van der Waals surface area contributed by atoms with E-state index in [9.17, 15) is 4.39 Å². The molecule has 1 aromatic heterocycles. The summed E-state index contributed by atoms with van der Waals surface area (Å²) in [7, 11) is 1.86. The first-order chi connectivity index (χ1) is 9.06. The highest BCUT2D eigenvalue weighted by molar-refractivity contribution is 5.30. The van der Waals surface area contributed by atoms with E-state index < -0.39 is 0 Å². The fourth-order valence-electron chi connectivity index (χ4n) is 1.80. The van der Waals surface area contributed by atoms with Crippen molar-refractivity contribution in [2.45, 2.75) is 19.4 Å². The van der Waals surface area contributed by atoms with Crippen molar-refractivity contribution in [2.75, 3.05) is 6.61 Å². The SMILES string of the molecule is C[C@@H](N)c1ccc(OCCc2cnn(C)c2)c(F)c1. The maximum Gasteiger partial charge on any atom is 0.165 e. The third-order valence-corrected chi connectivity index (χ3v) is 2.89. The number of hydrogen-bond acceptors (Lipinski definition) is 3. The molecule has 4 nitrogen and oxygen atoms in total. The fraction of sp³-hybridized carbons (Fsp3) is 0.357. The van der Waals surface area contributed by atoms with E-state index in [1.54, 1.807) is 23.0 Å². The zero-order chi connectivity index (χ0) is 13.8. The summed E-state index contributed by atoms with van der Waals surface area (Å²) >= 11 is 0. The second kappa shape index (κ2) is 5.84. The standard InChI is InChI=1S/C14H18FN3O/c1-10(16)12-3-4-14(13(15)7-12)19-6-5-11-8-17-18(2)9-11/h3-4,7-10H,5-6,16H2,1-2H3/t10-/m1/s1. The maximum atomic E-state index is 13.7. The van der Waals surface area contributed by atoms with Gasteiger partial charge in [0, 0.05) is 25.7 Å². The Morgan fingerprint density at radius 2 is 2.26 bits per heavy atom. The van der Waals surface area contributed by atoms with Gasteiger partial charge in [0.2, 0.25) is 0 Å². The van der Waals surface area contributed by atoms with E-state index in [0.29, 0.717) is 13.0 Å². The molecule has 0 bridgehead atoms. The number of aromatic nitrogens is 2. The highest BCUT2D eigenvalue weighted by Gasteiger charge is 2.07. The number of rotatable bonds is 5. The first-order valence-corrected chi connectivity index (χ1v) is 6.21. The van der Waals surface area contributed by atoms with Gasteiger partial charge in [-0.1, -0.05) is 6.07 Å². The Balaban J connectivity index is 1.92. The largest absolute Gasteiger partial charge is 0.490 e. The lowest BCUT2D eigenvalue weighted by molar-refractivity contribution is 0.305. The van der Waals surface area contributed by atoms with E-state index in [1.807, 2.05) is 20.2 Å². The van der Waals surface area contributed by atoms with Crippen molar-refractivity contribution in [3.8, 4) is 5.75 Å². The smallest absolute Gasteiger partial charge is 0.165 e. The molecule has 0 fully saturated rings. The highest BCUT2D eigenvalue weighted by atomic mass is 19.1. The predicted molar refractivity (Wildman–Crippen MR) is 71.4 cm³/mol. The van der Waals surface area contributed by atoms with Crippen molar-refractivity contribution in [3.63, 3.8) is 0 Å². The van der Waals surface area contributed by atoms with E-state index in [0.717, 1.165) is 11.1 Å². The van der Waals surface area contributed by atoms with Crippen LogP contribution in [0, 0.1) is 5.82 Å². The molecule has 1 atom stereocenters. The lowest BCUT2D eigenvalue weighted by Gasteiger charge is -2.10. The molecule has 2 rings (SSSR count). The van der Waals surface area contributed by atoms with Gasteiger partial charge in [0.05, 0.1) is 12.8 Å². The third kappa shape index (κ3) is 3.54. The van der Waals surface area contributed by atoms with E-state index >= 15 is 0 Å². The second-order valence-corrected chi connectivity index (χ2v) is 4.60. The van der Waals surface area contributed by atoms with Gasteiger partial charge in [0.1, 0.15) is 0 Å². The molecule has 1 aromatic carbocycles. The number of halogens is 1. The summed E-state index contributed by atoms with van der Waals surface area (Å²) in [5, 5.41) is 4.06. The molecule has 0 saturated heterocycles. The maximum absolute atomic E-state index is 13.7. The summed E-state index contributed by atoms with van der Waals surface area (Å²) in [4.78, 5) is 0. The van der Waals surface area contributed by atoms with Crippen LogP contribution in [-0.2, 0) is 13.5 Å². The monoisotopic (exact) mass is 263 g/mol. The van der Waals surface area contributed by atoms with Crippen LogP contribution in [0.5, 0.6) is 5.75 Å². The van der Waals surface area contributed by atoms with Crippen molar-refractivity contribution in [2.24, 2.45) is 12.8 Å². The number of hydrogen-bond donors (Lipinski definition) is 1. The normalized spacial score (nSPS) is 12.4. The minimum Gasteiger partial charge on any atom is -0.490 e. The quantitative estimate of drug-likeness (QED) is 0.899. The molecule has 0 amide bonds. The Hall–Kier alpha value is -1.88. The number of nitrogens with two attached hydrogens (primary N) is 1. The molecule has 2 aromatic rings. The summed E-state index contributed by atoms with van der Waals surface area (Å²) in [6.45, 7) is 2.23. The fourth-order valence-corrected chi connectivity index (χ4v) is 1.80. The lowest BCUT2D eigenvalue weighted by Crippen LogP contribution is -2.07. The molecule has 0 unspecified atom stereocenters. The Morgan fingerprint density at radius 3 is 2.84 bits per heavy atom. The molecule has 0 aliphatic heterocycles. The van der Waals surface area contributed by atoms with Crippen molar-refractivity contribution < 1.29 is 9.13 Å². The van der Waals surface area contributed by atoms with E-state index in [4.69, 9.17) is 10.5 Å². The molecular weight excluding hydrogens is 245 g/mol. The Labute approximate surface area is 112 Å². The van der Waals surface area contributed by atoms with Gasteiger partial charge in [-0.15, -0.1) is 0 Å². The van der Waals surface area contributed by atoms with Crippen LogP contribution in [0.3, 0.4) is 0 Å². The predicted octanol–water partition coefficient (Wildman–Crippen LogP) is 2.20. The lowest BCUT2D eigenvalue weighted by atomic mass is 10.1. The molecule has 0 spiro atoms. The van der Waals surface area contributed by atoms with Crippen LogP contribution in [-0.4, -0.2) is 16.4 Å². The average molecular weight is 263 g/mol. The summed E-state index contributed by atoms with van der Waals surface area (Å²) in [6.07, 6.45) is 4.39. The first kappa shape index (κ1) is 13.5. The van der Waals surface area contributed by atoms with Crippen LogP contribution in [0.4, 0.5) is 4.39 Å². The molecule has 1 heterocycles. The Kier molecular flexibility index (Phi) is 4.16. The summed E-state index contributed by atoms with van der Waals surface area (Å²) in [5.74, 6) is -0.116. The van der Waals surface area contributed by atoms with E-state index in [2.05, 4.69) is 5.10 Å². The number of nitrogens with zero attached hydrogens (tertiary/aromatic N) is 2. The van der Waals surface area contributed by atoms with Gasteiger partial charge >= 0.3 is 0 Å². The van der Waals surface area contributed by atoms with Crippen molar-refractivity contribution in [3.05, 3.63) is 47.5 Å². The molecule has 0 aliphatic rings. The molecule has 0 radical (unpaired) electrons. The summed E-state index contributed by atoms with van der Waals surface area (Å²) in [5.41, 5.74) is 7.52. The summed E-state index contributed by atoms with van der Waals surface area (Å²) in [6, 6.07) is 4.65. The van der Waals surface area contributed by atoms with E-state index in [-0.39, 0.29) is 17.6 Å². The first-order valence-electron chi connectivity index (χ1n) is 6.21. The van der Waals surface area contributed by atoms with Gasteiger partial charge in [-0.3, -0.25) is 4.68 Å². The minimum absolute atomic E-state index is 0.182.